The number of rotatable bonds is 4. The molecule has 0 aliphatic carbocycles. The molecule has 0 spiro atoms. The van der Waals surface area contributed by atoms with Crippen LogP contribution in [0.5, 0.6) is 0 Å². The highest BCUT2D eigenvalue weighted by Crippen LogP contribution is 2.17. The van der Waals surface area contributed by atoms with E-state index in [9.17, 15) is 13.6 Å². The van der Waals surface area contributed by atoms with Gasteiger partial charge >= 0.3 is 6.55 Å². The Kier molecular flexibility index (Phi) is 8.35. The Morgan fingerprint density at radius 3 is 2.58 bits per heavy atom. The van der Waals surface area contributed by atoms with Gasteiger partial charge in [0.2, 0.25) is 5.91 Å². The molecule has 1 N–H and O–H groups in total. The third-order valence-corrected chi connectivity index (χ3v) is 4.42. The monoisotopic (exact) mass is 385 g/mol. The summed E-state index contributed by atoms with van der Waals surface area (Å²) in [4.78, 5) is 20.3. The fourth-order valence-electron chi connectivity index (χ4n) is 3.09. The van der Waals surface area contributed by atoms with Crippen LogP contribution in [-0.4, -0.2) is 64.5 Å². The second kappa shape index (κ2) is 9.50. The third kappa shape index (κ3) is 4.78. The highest BCUT2D eigenvalue weighted by molar-refractivity contribution is 5.85. The van der Waals surface area contributed by atoms with E-state index in [1.54, 1.807) is 0 Å². The van der Waals surface area contributed by atoms with Gasteiger partial charge in [-0.3, -0.25) is 14.3 Å². The Labute approximate surface area is 152 Å². The Morgan fingerprint density at radius 2 is 2.00 bits per heavy atom. The van der Waals surface area contributed by atoms with Crippen LogP contribution in [0.1, 0.15) is 18.8 Å². The van der Waals surface area contributed by atoms with Crippen LogP contribution in [0.25, 0.3) is 0 Å². The molecule has 1 aromatic heterocycles. The number of nitrogens with one attached hydrogen (secondary N) is 1. The van der Waals surface area contributed by atoms with Crippen molar-refractivity contribution in [3.05, 3.63) is 18.2 Å². The van der Waals surface area contributed by atoms with E-state index in [-0.39, 0.29) is 36.6 Å². The standard InChI is InChI=1S/C14H21F2N5O.2ClH/c15-14(16)21-4-3-18-12(21)10-19-5-7-20(8-6-19)13(22)11-1-2-17-9-11;;/h3-4,11,14,17H,1-2,5-10H2;2*1H. The number of halogens is 4. The number of imidazole rings is 1. The highest BCUT2D eigenvalue weighted by Gasteiger charge is 2.29. The van der Waals surface area contributed by atoms with Crippen LogP contribution in [-0.2, 0) is 11.3 Å². The fraction of sp³-hybridized carbons (Fsp3) is 0.714. The maximum Gasteiger partial charge on any atom is 0.319 e. The molecule has 2 saturated heterocycles. The minimum absolute atomic E-state index is 0. The smallest absolute Gasteiger partial charge is 0.319 e. The quantitative estimate of drug-likeness (QED) is 0.850. The molecule has 1 unspecified atom stereocenters. The summed E-state index contributed by atoms with van der Waals surface area (Å²) in [5, 5.41) is 3.21. The molecule has 2 aliphatic heterocycles. The Bertz CT molecular complexity index is 517. The normalized spacial score (nSPS) is 21.5. The number of aromatic nitrogens is 2. The lowest BCUT2D eigenvalue weighted by atomic mass is 10.1. The first-order valence-electron chi connectivity index (χ1n) is 7.67. The van der Waals surface area contributed by atoms with Gasteiger partial charge in [-0.15, -0.1) is 24.8 Å². The first-order valence-corrected chi connectivity index (χ1v) is 7.67. The van der Waals surface area contributed by atoms with Gasteiger partial charge in [0.25, 0.3) is 0 Å². The number of carbonyl (C=O) groups excluding carboxylic acids is 1. The van der Waals surface area contributed by atoms with Gasteiger partial charge in [0, 0.05) is 45.1 Å². The summed E-state index contributed by atoms with van der Waals surface area (Å²) in [6.07, 6.45) is 3.60. The average molecular weight is 386 g/mol. The van der Waals surface area contributed by atoms with Gasteiger partial charge < -0.3 is 10.2 Å². The maximum absolute atomic E-state index is 12.8. The molecule has 2 fully saturated rings. The van der Waals surface area contributed by atoms with E-state index in [2.05, 4.69) is 15.2 Å². The molecule has 138 valence electrons. The van der Waals surface area contributed by atoms with E-state index < -0.39 is 6.55 Å². The molecule has 2 aliphatic rings. The van der Waals surface area contributed by atoms with E-state index >= 15 is 0 Å². The summed E-state index contributed by atoms with van der Waals surface area (Å²) in [6.45, 7) is 2.22. The van der Waals surface area contributed by atoms with Gasteiger partial charge in [0.05, 0.1) is 12.5 Å². The van der Waals surface area contributed by atoms with Crippen molar-refractivity contribution < 1.29 is 13.6 Å². The van der Waals surface area contributed by atoms with Gasteiger partial charge in [-0.2, -0.15) is 8.78 Å². The van der Waals surface area contributed by atoms with Crippen molar-refractivity contribution in [2.24, 2.45) is 5.92 Å². The highest BCUT2D eigenvalue weighted by atomic mass is 35.5. The molecule has 10 heteroatoms. The van der Waals surface area contributed by atoms with Crippen LogP contribution >= 0.6 is 24.8 Å². The van der Waals surface area contributed by atoms with E-state index in [0.29, 0.717) is 38.5 Å². The van der Waals surface area contributed by atoms with Gasteiger partial charge in [0.15, 0.2) is 0 Å². The molecule has 1 amide bonds. The zero-order valence-electron chi connectivity index (χ0n) is 13.2. The Balaban J connectivity index is 0.00000144. The molecule has 0 aromatic carbocycles. The van der Waals surface area contributed by atoms with E-state index in [4.69, 9.17) is 0 Å². The topological polar surface area (TPSA) is 53.4 Å². The predicted octanol–water partition coefficient (Wildman–Crippen LogP) is 1.38. The van der Waals surface area contributed by atoms with Crippen LogP contribution in [0.15, 0.2) is 12.4 Å². The summed E-state index contributed by atoms with van der Waals surface area (Å²) in [5.41, 5.74) is 0. The average Bonchev–Trinajstić information content (AvgIpc) is 3.18. The SMILES string of the molecule is Cl.Cl.O=C(C1CCNC1)N1CCN(Cc2nccn2C(F)F)CC1. The molecule has 0 bridgehead atoms. The van der Waals surface area contributed by atoms with Crippen molar-refractivity contribution in [2.75, 3.05) is 39.3 Å². The van der Waals surface area contributed by atoms with Crippen LogP contribution in [0.4, 0.5) is 8.78 Å². The zero-order chi connectivity index (χ0) is 15.5. The summed E-state index contributed by atoms with van der Waals surface area (Å²) in [7, 11) is 0. The largest absolute Gasteiger partial charge is 0.340 e. The molecular weight excluding hydrogens is 363 g/mol. The predicted molar refractivity (Wildman–Crippen MR) is 90.8 cm³/mol. The third-order valence-electron chi connectivity index (χ3n) is 4.42. The number of piperazine rings is 1. The molecule has 24 heavy (non-hydrogen) atoms. The molecule has 3 rings (SSSR count). The second-order valence-electron chi connectivity index (χ2n) is 5.82. The van der Waals surface area contributed by atoms with E-state index in [1.165, 1.54) is 12.4 Å². The van der Waals surface area contributed by atoms with Crippen molar-refractivity contribution in [1.82, 2.24) is 24.7 Å². The van der Waals surface area contributed by atoms with Crippen molar-refractivity contribution in [1.29, 1.82) is 0 Å². The number of nitrogens with zero attached hydrogens (tertiary/aromatic N) is 4. The first kappa shape index (κ1) is 21.1. The maximum atomic E-state index is 12.8. The van der Waals surface area contributed by atoms with Gasteiger partial charge in [-0.1, -0.05) is 0 Å². The van der Waals surface area contributed by atoms with Gasteiger partial charge in [-0.25, -0.2) is 4.98 Å². The van der Waals surface area contributed by atoms with Gasteiger partial charge in [0.1, 0.15) is 5.82 Å². The lowest BCUT2D eigenvalue weighted by Crippen LogP contribution is -2.50. The van der Waals surface area contributed by atoms with E-state index in [0.717, 1.165) is 24.1 Å². The number of hydrogen-bond donors (Lipinski definition) is 1. The van der Waals surface area contributed by atoms with Crippen LogP contribution in [0, 0.1) is 5.92 Å². The number of hydrogen-bond acceptors (Lipinski definition) is 4. The van der Waals surface area contributed by atoms with Crippen molar-refractivity contribution >= 4 is 30.7 Å². The van der Waals surface area contributed by atoms with Crippen molar-refractivity contribution in [2.45, 2.75) is 19.5 Å². The number of carbonyl (C=O) groups is 1. The van der Waals surface area contributed by atoms with Gasteiger partial charge in [-0.05, 0) is 13.0 Å². The minimum Gasteiger partial charge on any atom is -0.340 e. The van der Waals surface area contributed by atoms with E-state index in [1.807, 2.05) is 4.90 Å². The first-order chi connectivity index (χ1) is 10.6. The molecule has 6 nitrogen and oxygen atoms in total. The molecule has 1 aromatic rings. The molecule has 0 radical (unpaired) electrons. The number of amides is 1. The lowest BCUT2D eigenvalue weighted by molar-refractivity contribution is -0.136. The van der Waals surface area contributed by atoms with Crippen molar-refractivity contribution in [3.8, 4) is 0 Å². The summed E-state index contributed by atoms with van der Waals surface area (Å²) in [5.74, 6) is 0.692. The molecule has 3 heterocycles. The summed E-state index contributed by atoms with van der Waals surface area (Å²) < 4.78 is 26.5. The van der Waals surface area contributed by atoms with Crippen molar-refractivity contribution in [3.63, 3.8) is 0 Å². The second-order valence-corrected chi connectivity index (χ2v) is 5.82. The lowest BCUT2D eigenvalue weighted by Gasteiger charge is -2.35. The molecular formula is C14H23Cl2F2N5O. The zero-order valence-corrected chi connectivity index (χ0v) is 14.9. The number of alkyl halides is 2. The summed E-state index contributed by atoms with van der Waals surface area (Å²) in [6, 6.07) is 0. The minimum atomic E-state index is -2.56. The van der Waals surface area contributed by atoms with Crippen LogP contribution < -0.4 is 5.32 Å². The van der Waals surface area contributed by atoms with Crippen LogP contribution in [0.3, 0.4) is 0 Å². The Morgan fingerprint density at radius 1 is 1.29 bits per heavy atom. The van der Waals surface area contributed by atoms with Crippen LogP contribution in [0.2, 0.25) is 0 Å². The fourth-order valence-corrected chi connectivity index (χ4v) is 3.09. The molecule has 0 saturated carbocycles. The molecule has 1 atom stereocenters. The Hall–Kier alpha value is -0.960. The summed E-state index contributed by atoms with van der Waals surface area (Å²) >= 11 is 0.